The molecule has 0 bridgehead atoms. The van der Waals surface area contributed by atoms with Crippen LogP contribution in [0.2, 0.25) is 0 Å². The fourth-order valence-electron chi connectivity index (χ4n) is 3.43. The summed E-state index contributed by atoms with van der Waals surface area (Å²) in [6, 6.07) is 28.1. The lowest BCUT2D eigenvalue weighted by Gasteiger charge is -2.08. The fraction of sp³-hybridized carbons (Fsp3) is 0.0357. The maximum absolute atomic E-state index is 12.4. The number of carbonyl (C=O) groups is 3. The number of nitro benzene ring substituents is 1. The number of carbonyl (C=O) groups excluding carboxylic acids is 3. The van der Waals surface area contributed by atoms with Gasteiger partial charge in [-0.3, -0.25) is 19.7 Å². The first-order chi connectivity index (χ1) is 17.4. The minimum absolute atomic E-state index is 0.128. The van der Waals surface area contributed by atoms with Crippen molar-refractivity contribution >= 4 is 29.0 Å². The number of rotatable bonds is 8. The molecule has 8 nitrogen and oxygen atoms in total. The van der Waals surface area contributed by atoms with E-state index in [-0.39, 0.29) is 22.6 Å². The van der Waals surface area contributed by atoms with Gasteiger partial charge in [0.1, 0.15) is 0 Å². The van der Waals surface area contributed by atoms with Crippen molar-refractivity contribution in [1.29, 1.82) is 0 Å². The van der Waals surface area contributed by atoms with Crippen molar-refractivity contribution in [2.45, 2.75) is 0 Å². The summed E-state index contributed by atoms with van der Waals surface area (Å²) in [6.45, 7) is -0.408. The van der Waals surface area contributed by atoms with Crippen LogP contribution < -0.4 is 5.32 Å². The van der Waals surface area contributed by atoms with Gasteiger partial charge >= 0.3 is 5.97 Å². The highest BCUT2D eigenvalue weighted by Crippen LogP contribution is 2.20. The minimum Gasteiger partial charge on any atom is -0.454 e. The highest BCUT2D eigenvalue weighted by atomic mass is 16.6. The topological polar surface area (TPSA) is 116 Å². The summed E-state index contributed by atoms with van der Waals surface area (Å²) in [6.07, 6.45) is 0. The quantitative estimate of drug-likeness (QED) is 0.153. The average Bonchev–Trinajstić information content (AvgIpc) is 2.92. The van der Waals surface area contributed by atoms with E-state index >= 15 is 0 Å². The van der Waals surface area contributed by atoms with Gasteiger partial charge in [0.05, 0.1) is 10.5 Å². The van der Waals surface area contributed by atoms with Gasteiger partial charge in [-0.25, -0.2) is 4.79 Å². The Morgan fingerprint density at radius 3 is 2.03 bits per heavy atom. The van der Waals surface area contributed by atoms with Gasteiger partial charge < -0.3 is 10.1 Å². The molecule has 0 spiro atoms. The van der Waals surface area contributed by atoms with Gasteiger partial charge in [0.2, 0.25) is 0 Å². The molecule has 0 heterocycles. The predicted octanol–water partition coefficient (Wildman–Crippen LogP) is 5.55. The van der Waals surface area contributed by atoms with Crippen molar-refractivity contribution in [3.63, 3.8) is 0 Å². The molecule has 0 fully saturated rings. The van der Waals surface area contributed by atoms with Gasteiger partial charge in [-0.1, -0.05) is 60.7 Å². The van der Waals surface area contributed by atoms with Crippen molar-refractivity contribution in [1.82, 2.24) is 0 Å². The lowest BCUT2D eigenvalue weighted by molar-refractivity contribution is -0.384. The Bertz CT molecular complexity index is 1410. The number of hydrogen-bond donors (Lipinski definition) is 1. The Hall–Kier alpha value is -5.11. The number of hydrogen-bond acceptors (Lipinski definition) is 6. The van der Waals surface area contributed by atoms with E-state index in [1.54, 1.807) is 12.1 Å². The van der Waals surface area contributed by atoms with Crippen molar-refractivity contribution < 1.29 is 24.0 Å². The van der Waals surface area contributed by atoms with E-state index in [0.717, 1.165) is 11.1 Å². The monoisotopic (exact) mass is 480 g/mol. The first kappa shape index (κ1) is 24.0. The van der Waals surface area contributed by atoms with Crippen molar-refractivity contribution in [3.8, 4) is 11.1 Å². The molecule has 178 valence electrons. The van der Waals surface area contributed by atoms with Crippen LogP contribution in [0.4, 0.5) is 11.4 Å². The highest BCUT2D eigenvalue weighted by Gasteiger charge is 2.14. The van der Waals surface area contributed by atoms with Crippen LogP contribution in [-0.2, 0) is 4.74 Å². The summed E-state index contributed by atoms with van der Waals surface area (Å²) in [5, 5.41) is 13.5. The summed E-state index contributed by atoms with van der Waals surface area (Å²) in [5.74, 6) is -1.54. The van der Waals surface area contributed by atoms with Crippen molar-refractivity contribution in [2.24, 2.45) is 0 Å². The van der Waals surface area contributed by atoms with Crippen LogP contribution in [0.25, 0.3) is 11.1 Å². The zero-order chi connectivity index (χ0) is 25.5. The number of amides is 1. The molecule has 1 N–H and O–H groups in total. The lowest BCUT2D eigenvalue weighted by atomic mass is 10.0. The molecule has 36 heavy (non-hydrogen) atoms. The van der Waals surface area contributed by atoms with E-state index < -0.39 is 23.4 Å². The van der Waals surface area contributed by atoms with E-state index in [2.05, 4.69) is 5.32 Å². The van der Waals surface area contributed by atoms with Gasteiger partial charge in [-0.2, -0.15) is 0 Å². The van der Waals surface area contributed by atoms with Crippen LogP contribution in [0.5, 0.6) is 0 Å². The van der Waals surface area contributed by atoms with Gasteiger partial charge in [0.15, 0.2) is 12.4 Å². The second kappa shape index (κ2) is 10.9. The molecule has 0 aliphatic rings. The number of benzene rings is 4. The van der Waals surface area contributed by atoms with Crippen molar-refractivity contribution in [3.05, 3.63) is 130 Å². The highest BCUT2D eigenvalue weighted by molar-refractivity contribution is 6.05. The van der Waals surface area contributed by atoms with Crippen LogP contribution in [0.15, 0.2) is 103 Å². The smallest absolute Gasteiger partial charge is 0.338 e. The van der Waals surface area contributed by atoms with Gasteiger partial charge in [-0.15, -0.1) is 0 Å². The number of ketones is 1. The molecule has 0 atom stereocenters. The number of Topliss-reactive ketones (excluding diaryl/α,β-unsaturated/α-hetero) is 1. The van der Waals surface area contributed by atoms with E-state index in [1.165, 1.54) is 48.5 Å². The maximum Gasteiger partial charge on any atom is 0.338 e. The number of ether oxygens (including phenoxy) is 1. The number of nitrogens with zero attached hydrogens (tertiary/aromatic N) is 1. The summed E-state index contributed by atoms with van der Waals surface area (Å²) >= 11 is 0. The second-order valence-electron chi connectivity index (χ2n) is 7.78. The molecule has 4 rings (SSSR count). The molecule has 1 amide bonds. The molecule has 0 aromatic heterocycles. The fourth-order valence-corrected chi connectivity index (χ4v) is 3.43. The number of non-ortho nitro benzene ring substituents is 1. The Morgan fingerprint density at radius 1 is 0.722 bits per heavy atom. The number of nitrogens with one attached hydrogen (secondary N) is 1. The molecule has 0 aliphatic heterocycles. The molecule has 8 heteroatoms. The number of anilines is 1. The third kappa shape index (κ3) is 5.87. The summed E-state index contributed by atoms with van der Waals surface area (Å²) in [4.78, 5) is 47.5. The predicted molar refractivity (Wildman–Crippen MR) is 134 cm³/mol. The molecular formula is C28H20N2O6. The average molecular weight is 480 g/mol. The number of esters is 1. The molecule has 0 radical (unpaired) electrons. The first-order valence-electron chi connectivity index (χ1n) is 10.9. The Labute approximate surface area is 206 Å². The third-order valence-electron chi connectivity index (χ3n) is 5.35. The first-order valence-corrected chi connectivity index (χ1v) is 10.9. The Kier molecular flexibility index (Phi) is 7.26. The SMILES string of the molecule is O=C(COC(=O)c1ccc(NC(=O)c2cccc([N+](=O)[O-])c2)cc1)c1ccc(-c2ccccc2)cc1. The normalized spacial score (nSPS) is 10.3. The van der Waals surface area contributed by atoms with Crippen LogP contribution >= 0.6 is 0 Å². The Balaban J connectivity index is 1.31. The zero-order valence-corrected chi connectivity index (χ0v) is 18.9. The van der Waals surface area contributed by atoms with E-state index in [4.69, 9.17) is 4.74 Å². The van der Waals surface area contributed by atoms with Crippen molar-refractivity contribution in [2.75, 3.05) is 11.9 Å². The van der Waals surface area contributed by atoms with Crippen LogP contribution in [0.3, 0.4) is 0 Å². The van der Waals surface area contributed by atoms with Gasteiger partial charge in [0.25, 0.3) is 11.6 Å². The summed E-state index contributed by atoms with van der Waals surface area (Å²) in [7, 11) is 0. The summed E-state index contributed by atoms with van der Waals surface area (Å²) in [5.41, 5.74) is 2.97. The standard InChI is InChI=1S/C28H20N2O6/c31-26(21-11-9-20(10-12-21)19-5-2-1-3-6-19)18-36-28(33)22-13-15-24(16-14-22)29-27(32)23-7-4-8-25(17-23)30(34)35/h1-17H,18H2,(H,29,32). The molecule has 0 unspecified atom stereocenters. The van der Waals surface area contributed by atoms with Crippen LogP contribution in [0, 0.1) is 10.1 Å². The molecule has 4 aromatic rings. The van der Waals surface area contributed by atoms with E-state index in [0.29, 0.717) is 11.3 Å². The zero-order valence-electron chi connectivity index (χ0n) is 18.9. The molecule has 0 saturated carbocycles. The maximum atomic E-state index is 12.4. The van der Waals surface area contributed by atoms with E-state index in [1.807, 2.05) is 42.5 Å². The Morgan fingerprint density at radius 2 is 1.36 bits per heavy atom. The lowest BCUT2D eigenvalue weighted by Crippen LogP contribution is -2.15. The van der Waals surface area contributed by atoms with Crippen LogP contribution in [-0.4, -0.2) is 29.2 Å². The molecule has 0 aliphatic carbocycles. The van der Waals surface area contributed by atoms with Gasteiger partial charge in [0, 0.05) is 28.9 Å². The largest absolute Gasteiger partial charge is 0.454 e. The second-order valence-corrected chi connectivity index (χ2v) is 7.78. The minimum atomic E-state index is -0.680. The van der Waals surface area contributed by atoms with Crippen LogP contribution in [0.1, 0.15) is 31.1 Å². The molecular weight excluding hydrogens is 460 g/mol. The van der Waals surface area contributed by atoms with Gasteiger partial charge in [-0.05, 0) is 41.5 Å². The molecule has 4 aromatic carbocycles. The number of nitro groups is 1. The third-order valence-corrected chi connectivity index (χ3v) is 5.35. The van der Waals surface area contributed by atoms with E-state index in [9.17, 15) is 24.5 Å². The summed E-state index contributed by atoms with van der Waals surface area (Å²) < 4.78 is 5.15. The molecule has 0 saturated heterocycles.